The molecule has 0 atom stereocenters. The third kappa shape index (κ3) is 1.65. The molecule has 0 aliphatic carbocycles. The number of phenols is 1. The molecule has 7 nitrogen and oxygen atoms in total. The van der Waals surface area contributed by atoms with Crippen molar-refractivity contribution in [1.82, 2.24) is 0 Å². The Hall–Kier alpha value is -2.31. The molecule has 17 heavy (non-hydrogen) atoms. The van der Waals surface area contributed by atoms with Crippen molar-refractivity contribution in [3.8, 4) is 11.5 Å². The van der Waals surface area contributed by atoms with Crippen LogP contribution in [0.3, 0.4) is 0 Å². The fourth-order valence-electron chi connectivity index (χ4n) is 1.76. The van der Waals surface area contributed by atoms with Gasteiger partial charge in [0, 0.05) is 12.0 Å². The Bertz CT molecular complexity index is 510. The summed E-state index contributed by atoms with van der Waals surface area (Å²) in [5.74, 6) is -1.41. The summed E-state index contributed by atoms with van der Waals surface area (Å²) in [6.45, 7) is 0.324. The van der Waals surface area contributed by atoms with E-state index in [9.17, 15) is 20.0 Å². The Morgan fingerprint density at radius 2 is 2.35 bits per heavy atom. The number of benzene rings is 1. The maximum absolute atomic E-state index is 11.4. The number of nitrogens with zero attached hydrogens (tertiary/aromatic N) is 1. The van der Waals surface area contributed by atoms with E-state index >= 15 is 0 Å². The molecule has 1 aliphatic heterocycles. The van der Waals surface area contributed by atoms with Gasteiger partial charge in [-0.15, -0.1) is 0 Å². The Labute approximate surface area is 95.7 Å². The molecule has 2 rings (SSSR count). The molecular formula is C10H9NO6. The van der Waals surface area contributed by atoms with Crippen molar-refractivity contribution in [1.29, 1.82) is 0 Å². The average molecular weight is 239 g/mol. The third-order valence-corrected chi connectivity index (χ3v) is 2.51. The van der Waals surface area contributed by atoms with Crippen molar-refractivity contribution in [2.45, 2.75) is 6.42 Å². The monoisotopic (exact) mass is 239 g/mol. The highest BCUT2D eigenvalue weighted by Crippen LogP contribution is 2.44. The Balaban J connectivity index is 2.70. The number of methoxy groups -OCH3 is 1. The van der Waals surface area contributed by atoms with Gasteiger partial charge in [-0.05, 0) is 6.07 Å². The van der Waals surface area contributed by atoms with Gasteiger partial charge < -0.3 is 14.6 Å². The first-order valence-electron chi connectivity index (χ1n) is 4.80. The van der Waals surface area contributed by atoms with Crippen molar-refractivity contribution in [3.63, 3.8) is 0 Å². The van der Waals surface area contributed by atoms with Crippen LogP contribution in [0.15, 0.2) is 6.07 Å². The van der Waals surface area contributed by atoms with Crippen LogP contribution in [0.25, 0.3) is 0 Å². The van der Waals surface area contributed by atoms with Crippen LogP contribution < -0.4 is 4.74 Å². The number of carbonyl (C=O) groups excluding carboxylic acids is 1. The number of aromatic hydroxyl groups is 1. The molecule has 0 fully saturated rings. The van der Waals surface area contributed by atoms with Crippen LogP contribution in [0.5, 0.6) is 11.5 Å². The second-order valence-electron chi connectivity index (χ2n) is 3.46. The van der Waals surface area contributed by atoms with Crippen LogP contribution in [0.4, 0.5) is 5.69 Å². The van der Waals surface area contributed by atoms with Crippen molar-refractivity contribution < 1.29 is 24.3 Å². The molecular weight excluding hydrogens is 230 g/mol. The lowest BCUT2D eigenvalue weighted by molar-refractivity contribution is -0.386. The summed E-state index contributed by atoms with van der Waals surface area (Å²) in [4.78, 5) is 21.4. The maximum atomic E-state index is 11.4. The molecule has 0 saturated carbocycles. The number of nitro groups is 1. The molecule has 90 valence electrons. The zero-order valence-electron chi connectivity index (χ0n) is 8.93. The minimum absolute atomic E-state index is 0.0735. The van der Waals surface area contributed by atoms with Gasteiger partial charge in [0.15, 0.2) is 5.75 Å². The van der Waals surface area contributed by atoms with Crippen LogP contribution in [0.2, 0.25) is 0 Å². The van der Waals surface area contributed by atoms with E-state index < -0.39 is 22.3 Å². The lowest BCUT2D eigenvalue weighted by atomic mass is 10.1. The normalized spacial score (nSPS) is 12.8. The molecule has 0 unspecified atom stereocenters. The van der Waals surface area contributed by atoms with Crippen LogP contribution >= 0.6 is 0 Å². The number of fused-ring (bicyclic) bond motifs is 1. The number of rotatable bonds is 2. The molecule has 0 bridgehead atoms. The number of carbonyl (C=O) groups is 1. The second kappa shape index (κ2) is 3.93. The molecule has 0 amide bonds. The van der Waals surface area contributed by atoms with Gasteiger partial charge in [-0.2, -0.15) is 0 Å². The van der Waals surface area contributed by atoms with Gasteiger partial charge in [-0.3, -0.25) is 10.1 Å². The molecule has 0 radical (unpaired) electrons. The zero-order valence-corrected chi connectivity index (χ0v) is 8.93. The van der Waals surface area contributed by atoms with Gasteiger partial charge in [0.25, 0.3) is 0 Å². The van der Waals surface area contributed by atoms with Crippen LogP contribution in [-0.4, -0.2) is 29.7 Å². The van der Waals surface area contributed by atoms with Crippen molar-refractivity contribution in [3.05, 3.63) is 27.3 Å². The van der Waals surface area contributed by atoms with E-state index in [4.69, 9.17) is 4.74 Å². The maximum Gasteiger partial charge on any atom is 0.345 e. The van der Waals surface area contributed by atoms with E-state index in [0.29, 0.717) is 18.6 Å². The Morgan fingerprint density at radius 1 is 1.65 bits per heavy atom. The van der Waals surface area contributed by atoms with Gasteiger partial charge >= 0.3 is 11.7 Å². The van der Waals surface area contributed by atoms with Gasteiger partial charge in [-0.25, -0.2) is 4.79 Å². The number of esters is 1. The minimum atomic E-state index is -0.860. The molecule has 0 spiro atoms. The standard InChI is InChI=1S/C10H9NO6/c1-16-10(13)6-4-5-2-3-17-9(5)8(12)7(6)11(14)15/h4,12H,2-3H2,1H3. The lowest BCUT2D eigenvalue weighted by Gasteiger charge is -2.07. The summed E-state index contributed by atoms with van der Waals surface area (Å²) in [6, 6.07) is 1.33. The predicted octanol–water partition coefficient (Wildman–Crippen LogP) is 1.02. The van der Waals surface area contributed by atoms with Crippen molar-refractivity contribution in [2.75, 3.05) is 13.7 Å². The van der Waals surface area contributed by atoms with E-state index in [1.165, 1.54) is 6.07 Å². The van der Waals surface area contributed by atoms with Gasteiger partial charge in [0.2, 0.25) is 5.75 Å². The summed E-state index contributed by atoms with van der Waals surface area (Å²) >= 11 is 0. The predicted molar refractivity (Wildman–Crippen MR) is 55.3 cm³/mol. The van der Waals surface area contributed by atoms with Crippen LogP contribution in [0, 0.1) is 10.1 Å². The number of nitro benzene ring substituents is 1. The van der Waals surface area contributed by atoms with Crippen LogP contribution in [-0.2, 0) is 11.2 Å². The lowest BCUT2D eigenvalue weighted by Crippen LogP contribution is -2.06. The van der Waals surface area contributed by atoms with Crippen molar-refractivity contribution in [2.24, 2.45) is 0 Å². The molecule has 7 heteroatoms. The Kier molecular flexibility index (Phi) is 2.58. The van der Waals surface area contributed by atoms with E-state index in [1.54, 1.807) is 0 Å². The Morgan fingerprint density at radius 3 is 2.94 bits per heavy atom. The summed E-state index contributed by atoms with van der Waals surface area (Å²) < 4.78 is 9.53. The molecule has 0 aromatic heterocycles. The zero-order chi connectivity index (χ0) is 12.6. The highest BCUT2D eigenvalue weighted by atomic mass is 16.6. The smallest absolute Gasteiger partial charge is 0.345 e. The SMILES string of the molecule is COC(=O)c1cc2c(c(O)c1[N+](=O)[O-])OCC2. The van der Waals surface area contributed by atoms with E-state index in [1.807, 2.05) is 0 Å². The molecule has 1 aromatic carbocycles. The molecule has 1 aliphatic rings. The molecule has 0 saturated heterocycles. The number of ether oxygens (including phenoxy) is 2. The molecule has 1 N–H and O–H groups in total. The topological polar surface area (TPSA) is 98.9 Å². The highest BCUT2D eigenvalue weighted by molar-refractivity contribution is 5.96. The molecule has 1 heterocycles. The minimum Gasteiger partial charge on any atom is -0.499 e. The van der Waals surface area contributed by atoms with Gasteiger partial charge in [-0.1, -0.05) is 0 Å². The number of hydrogen-bond acceptors (Lipinski definition) is 6. The summed E-state index contributed by atoms with van der Waals surface area (Å²) in [5.41, 5.74) is -0.384. The van der Waals surface area contributed by atoms with Crippen LogP contribution in [0.1, 0.15) is 15.9 Å². The summed E-state index contributed by atoms with van der Waals surface area (Å²) in [7, 11) is 1.12. The molecule has 1 aromatic rings. The van der Waals surface area contributed by atoms with E-state index in [0.717, 1.165) is 7.11 Å². The quantitative estimate of drug-likeness (QED) is 0.470. The first-order chi connectivity index (χ1) is 8.06. The fourth-order valence-corrected chi connectivity index (χ4v) is 1.76. The van der Waals surface area contributed by atoms with Crippen molar-refractivity contribution >= 4 is 11.7 Å². The fraction of sp³-hybridized carbons (Fsp3) is 0.300. The number of hydrogen-bond donors (Lipinski definition) is 1. The second-order valence-corrected chi connectivity index (χ2v) is 3.46. The first-order valence-corrected chi connectivity index (χ1v) is 4.80. The van der Waals surface area contributed by atoms with E-state index in [2.05, 4.69) is 4.74 Å². The highest BCUT2D eigenvalue weighted by Gasteiger charge is 2.33. The third-order valence-electron chi connectivity index (χ3n) is 2.51. The largest absolute Gasteiger partial charge is 0.499 e. The average Bonchev–Trinajstić information content (AvgIpc) is 2.75. The number of phenolic OH excluding ortho intramolecular Hbond substituents is 1. The van der Waals surface area contributed by atoms with Gasteiger partial charge in [0.1, 0.15) is 5.56 Å². The first kappa shape index (κ1) is 11.2. The summed E-state index contributed by atoms with van der Waals surface area (Å²) in [5, 5.41) is 20.6. The summed E-state index contributed by atoms with van der Waals surface area (Å²) in [6.07, 6.45) is 0.491. The van der Waals surface area contributed by atoms with Gasteiger partial charge in [0.05, 0.1) is 18.6 Å². The van der Waals surface area contributed by atoms with E-state index in [-0.39, 0.29) is 11.3 Å².